The van der Waals surface area contributed by atoms with E-state index in [4.69, 9.17) is 14.2 Å². The Bertz CT molecular complexity index is 826. The molecule has 1 heterocycles. The van der Waals surface area contributed by atoms with E-state index in [2.05, 4.69) is 21.2 Å². The average Bonchev–Trinajstić information content (AvgIpc) is 3.10. The molecule has 0 aromatic heterocycles. The van der Waals surface area contributed by atoms with Crippen LogP contribution in [-0.2, 0) is 20.9 Å². The van der Waals surface area contributed by atoms with Gasteiger partial charge in [0.1, 0.15) is 0 Å². The molecule has 1 aromatic rings. The third-order valence-electron chi connectivity index (χ3n) is 6.92. The van der Waals surface area contributed by atoms with Gasteiger partial charge in [0.2, 0.25) is 6.79 Å². The van der Waals surface area contributed by atoms with Crippen LogP contribution < -0.4 is 14.8 Å². The van der Waals surface area contributed by atoms with Gasteiger partial charge in [-0.15, -0.1) is 0 Å². The fourth-order valence-corrected chi connectivity index (χ4v) is 7.86. The van der Waals surface area contributed by atoms with Crippen LogP contribution >= 0.6 is 15.9 Å². The Labute approximate surface area is 178 Å². The molecular formula is C22H26BrNO5. The summed E-state index contributed by atoms with van der Waals surface area (Å²) in [5.74, 6) is 2.31. The van der Waals surface area contributed by atoms with Crippen LogP contribution in [0, 0.1) is 17.3 Å². The van der Waals surface area contributed by atoms with Crippen LogP contribution in [0.1, 0.15) is 50.5 Å². The average molecular weight is 464 g/mol. The number of hydrogen-bond donors (Lipinski definition) is 1. The van der Waals surface area contributed by atoms with Gasteiger partial charge in [-0.1, -0.05) is 22.0 Å². The number of halogens is 1. The molecule has 1 N–H and O–H groups in total. The summed E-state index contributed by atoms with van der Waals surface area (Å²) < 4.78 is 16.2. The second-order valence-corrected chi connectivity index (χ2v) is 11.1. The maximum atomic E-state index is 12.5. The maximum absolute atomic E-state index is 12.5. The van der Waals surface area contributed by atoms with Crippen LogP contribution in [0.25, 0.3) is 0 Å². The summed E-state index contributed by atoms with van der Waals surface area (Å²) in [4.78, 5) is 24.6. The first-order chi connectivity index (χ1) is 13.9. The van der Waals surface area contributed by atoms with Crippen molar-refractivity contribution in [1.82, 2.24) is 5.32 Å². The minimum Gasteiger partial charge on any atom is -0.456 e. The van der Waals surface area contributed by atoms with Gasteiger partial charge in [0.05, 0.1) is 6.42 Å². The van der Waals surface area contributed by atoms with Crippen molar-refractivity contribution in [3.8, 4) is 11.5 Å². The fraction of sp³-hybridized carbons (Fsp3) is 0.636. The van der Waals surface area contributed by atoms with Crippen LogP contribution in [0.2, 0.25) is 0 Å². The molecule has 6 rings (SSSR count). The minimum atomic E-state index is -0.293. The van der Waals surface area contributed by atoms with Gasteiger partial charge in [-0.25, -0.2) is 0 Å². The largest absolute Gasteiger partial charge is 0.456 e. The number of rotatable bonds is 6. The normalized spacial score (nSPS) is 33.6. The van der Waals surface area contributed by atoms with Crippen molar-refractivity contribution < 1.29 is 23.8 Å². The molecule has 1 aliphatic heterocycles. The van der Waals surface area contributed by atoms with Crippen LogP contribution in [0.3, 0.4) is 0 Å². The van der Waals surface area contributed by atoms with Gasteiger partial charge in [-0.2, -0.15) is 0 Å². The number of amides is 1. The monoisotopic (exact) mass is 463 g/mol. The molecule has 4 saturated carbocycles. The molecule has 1 aromatic carbocycles. The third kappa shape index (κ3) is 3.98. The smallest absolute Gasteiger partial charge is 0.306 e. The molecule has 4 bridgehead atoms. The fourth-order valence-electron chi connectivity index (χ4n) is 6.35. The Morgan fingerprint density at radius 1 is 1.14 bits per heavy atom. The lowest BCUT2D eigenvalue weighted by Gasteiger charge is -2.60. The van der Waals surface area contributed by atoms with E-state index in [9.17, 15) is 9.59 Å². The van der Waals surface area contributed by atoms with E-state index in [0.29, 0.717) is 24.5 Å². The van der Waals surface area contributed by atoms with Crippen molar-refractivity contribution >= 4 is 27.8 Å². The lowest BCUT2D eigenvalue weighted by atomic mass is 9.49. The van der Waals surface area contributed by atoms with Crippen molar-refractivity contribution in [3.05, 3.63) is 23.8 Å². The maximum Gasteiger partial charge on any atom is 0.306 e. The van der Waals surface area contributed by atoms with Gasteiger partial charge in [0.25, 0.3) is 5.91 Å². The number of esters is 1. The summed E-state index contributed by atoms with van der Waals surface area (Å²) >= 11 is 3.97. The van der Waals surface area contributed by atoms with Gasteiger partial charge >= 0.3 is 5.97 Å². The molecule has 2 unspecified atom stereocenters. The van der Waals surface area contributed by atoms with Crippen LogP contribution in [0.4, 0.5) is 0 Å². The summed E-state index contributed by atoms with van der Waals surface area (Å²) in [6, 6.07) is 5.55. The number of fused-ring (bicyclic) bond motifs is 1. The zero-order valence-corrected chi connectivity index (χ0v) is 18.0. The molecule has 29 heavy (non-hydrogen) atoms. The summed E-state index contributed by atoms with van der Waals surface area (Å²) in [7, 11) is 0. The van der Waals surface area contributed by atoms with Gasteiger partial charge in [0, 0.05) is 10.9 Å². The Balaban J connectivity index is 1.09. The number of carbonyl (C=O) groups excluding carboxylic acids is 2. The molecule has 4 atom stereocenters. The highest BCUT2D eigenvalue weighted by Gasteiger charge is 2.57. The second kappa shape index (κ2) is 7.18. The zero-order valence-electron chi connectivity index (χ0n) is 16.4. The molecule has 4 aliphatic carbocycles. The Morgan fingerprint density at radius 2 is 1.90 bits per heavy atom. The van der Waals surface area contributed by atoms with Crippen molar-refractivity contribution in [3.63, 3.8) is 0 Å². The van der Waals surface area contributed by atoms with Gasteiger partial charge in [0.15, 0.2) is 18.1 Å². The molecule has 0 radical (unpaired) electrons. The first kappa shape index (κ1) is 19.2. The number of alkyl halides is 1. The zero-order chi connectivity index (χ0) is 20.1. The quantitative estimate of drug-likeness (QED) is 0.514. The molecule has 7 heteroatoms. The highest BCUT2D eigenvalue weighted by atomic mass is 79.9. The van der Waals surface area contributed by atoms with E-state index in [1.165, 1.54) is 19.3 Å². The first-order valence-corrected chi connectivity index (χ1v) is 11.2. The molecule has 0 saturated heterocycles. The molecule has 0 spiro atoms. The second-order valence-electron chi connectivity index (χ2n) is 9.41. The van der Waals surface area contributed by atoms with Crippen molar-refractivity contribution in [2.45, 2.75) is 55.8 Å². The number of hydrogen-bond acceptors (Lipinski definition) is 5. The summed E-state index contributed by atoms with van der Waals surface area (Å²) in [5.41, 5.74) is 0.971. The lowest BCUT2D eigenvalue weighted by molar-refractivity contribution is -0.154. The number of nitrogens with one attached hydrogen (secondary N) is 1. The molecule has 1 amide bonds. The van der Waals surface area contributed by atoms with Gasteiger partial charge in [-0.05, 0) is 73.5 Å². The topological polar surface area (TPSA) is 73.9 Å². The highest BCUT2D eigenvalue weighted by Crippen LogP contribution is 2.65. The van der Waals surface area contributed by atoms with Gasteiger partial charge in [-0.3, -0.25) is 9.59 Å². The van der Waals surface area contributed by atoms with E-state index in [1.807, 2.05) is 18.2 Å². The predicted molar refractivity (Wildman–Crippen MR) is 109 cm³/mol. The summed E-state index contributed by atoms with van der Waals surface area (Å²) in [6.45, 7) is 0.346. The summed E-state index contributed by atoms with van der Waals surface area (Å²) in [5, 5.41) is 2.79. The molecular weight excluding hydrogens is 438 g/mol. The van der Waals surface area contributed by atoms with Crippen LogP contribution in [0.15, 0.2) is 18.2 Å². The third-order valence-corrected chi connectivity index (χ3v) is 7.85. The molecule has 156 valence electrons. The first-order valence-electron chi connectivity index (χ1n) is 10.4. The Morgan fingerprint density at radius 3 is 2.66 bits per heavy atom. The standard InChI is InChI=1S/C22H26BrNO5/c23-22-7-15-3-16(8-22)6-21(5-15,12-22)9-20(26)27-11-19(25)24-10-14-1-2-17-18(4-14)29-13-28-17/h1-2,4,15-16H,3,5-13H2,(H,24,25)/t15-,16+,21?,22?. The van der Waals surface area contributed by atoms with E-state index in [-0.39, 0.29) is 35.0 Å². The van der Waals surface area contributed by atoms with Gasteiger partial charge < -0.3 is 19.5 Å². The van der Waals surface area contributed by atoms with Crippen molar-refractivity contribution in [2.24, 2.45) is 17.3 Å². The Hall–Kier alpha value is -1.76. The van der Waals surface area contributed by atoms with E-state index in [0.717, 1.165) is 36.7 Å². The van der Waals surface area contributed by atoms with E-state index < -0.39 is 0 Å². The van der Waals surface area contributed by atoms with E-state index >= 15 is 0 Å². The predicted octanol–water partition coefficient (Wildman–Crippen LogP) is 3.70. The Kier molecular flexibility index (Phi) is 4.76. The van der Waals surface area contributed by atoms with Crippen LogP contribution in [-0.4, -0.2) is 29.6 Å². The van der Waals surface area contributed by atoms with Crippen molar-refractivity contribution in [1.29, 1.82) is 0 Å². The molecule has 6 nitrogen and oxygen atoms in total. The molecule has 5 aliphatic rings. The SMILES string of the molecule is O=C(COC(=O)CC12C[C@@H]3C[C@@H](CC(Br)(C3)C1)C2)NCc1ccc2c(c1)OCO2. The van der Waals surface area contributed by atoms with E-state index in [1.54, 1.807) is 0 Å². The molecule has 4 fully saturated rings. The lowest BCUT2D eigenvalue weighted by Crippen LogP contribution is -2.53. The summed E-state index contributed by atoms with van der Waals surface area (Å²) in [6.07, 6.45) is 7.53. The van der Waals surface area contributed by atoms with Crippen molar-refractivity contribution in [2.75, 3.05) is 13.4 Å². The highest BCUT2D eigenvalue weighted by molar-refractivity contribution is 9.10. The minimum absolute atomic E-state index is 0.0631. The number of benzene rings is 1. The number of ether oxygens (including phenoxy) is 3. The van der Waals surface area contributed by atoms with Crippen LogP contribution in [0.5, 0.6) is 11.5 Å². The number of carbonyl (C=O) groups is 2.